The van der Waals surface area contributed by atoms with Crippen LogP contribution in [0, 0.1) is 6.92 Å². The molecule has 1 aliphatic heterocycles. The number of ketones is 1. The molecule has 1 aromatic heterocycles. The van der Waals surface area contributed by atoms with Crippen molar-refractivity contribution in [2.24, 2.45) is 0 Å². The predicted octanol–water partition coefficient (Wildman–Crippen LogP) is 4.70. The van der Waals surface area contributed by atoms with Crippen molar-refractivity contribution in [1.29, 1.82) is 0 Å². The molecule has 1 unspecified atom stereocenters. The smallest absolute Gasteiger partial charge is 0.162 e. The normalized spacial score (nSPS) is 15.6. The number of rotatable bonds is 9. The number of hydrogen-bond acceptors (Lipinski definition) is 5. The number of hydrogen-bond donors (Lipinski definition) is 1. The Morgan fingerprint density at radius 2 is 1.57 bits per heavy atom. The highest BCUT2D eigenvalue weighted by atomic mass is 16.5. The second kappa shape index (κ2) is 11.3. The lowest BCUT2D eigenvalue weighted by molar-refractivity contribution is 0.0446. The third kappa shape index (κ3) is 5.77. The SMILES string of the molecule is CC(=O)c1c(C)n(-c2ccccc2)c2ccc(OCC(O)CN3CCN(Cc4ccccc4)CC3)cc12. The van der Waals surface area contributed by atoms with Crippen LogP contribution in [0.1, 0.15) is 28.5 Å². The number of fused-ring (bicyclic) bond motifs is 1. The minimum atomic E-state index is -0.584. The number of aromatic nitrogens is 1. The van der Waals surface area contributed by atoms with Crippen LogP contribution in [0.25, 0.3) is 16.6 Å². The Hall–Kier alpha value is -3.45. The number of ether oxygens (including phenoxy) is 1. The largest absolute Gasteiger partial charge is 0.491 e. The monoisotopic (exact) mass is 497 g/mol. The second-order valence-electron chi connectivity index (χ2n) is 9.89. The van der Waals surface area contributed by atoms with Gasteiger partial charge in [-0.1, -0.05) is 48.5 Å². The first-order valence-electron chi connectivity index (χ1n) is 13.0. The molecule has 1 N–H and O–H groups in total. The Morgan fingerprint density at radius 3 is 2.24 bits per heavy atom. The van der Waals surface area contributed by atoms with E-state index in [4.69, 9.17) is 4.74 Å². The van der Waals surface area contributed by atoms with Gasteiger partial charge in [-0.25, -0.2) is 0 Å². The number of carbonyl (C=O) groups is 1. The molecular formula is C31H35N3O3. The van der Waals surface area contributed by atoms with E-state index in [1.807, 2.05) is 61.5 Å². The van der Waals surface area contributed by atoms with Crippen LogP contribution in [0.5, 0.6) is 5.75 Å². The molecule has 0 spiro atoms. The van der Waals surface area contributed by atoms with Gasteiger partial charge in [-0.2, -0.15) is 0 Å². The Bertz CT molecular complexity index is 1340. The summed E-state index contributed by atoms with van der Waals surface area (Å²) in [6, 6.07) is 26.4. The maximum atomic E-state index is 12.5. The van der Waals surface area contributed by atoms with E-state index in [-0.39, 0.29) is 12.4 Å². The third-order valence-corrected chi connectivity index (χ3v) is 7.17. The van der Waals surface area contributed by atoms with E-state index in [0.717, 1.165) is 55.0 Å². The van der Waals surface area contributed by atoms with Gasteiger partial charge in [-0.15, -0.1) is 0 Å². The van der Waals surface area contributed by atoms with Gasteiger partial charge in [0.05, 0.1) is 5.52 Å². The average Bonchev–Trinajstić information content (AvgIpc) is 3.21. The fraction of sp³-hybridized carbons (Fsp3) is 0.323. The molecule has 0 amide bonds. The molecule has 37 heavy (non-hydrogen) atoms. The number of benzene rings is 3. The lowest BCUT2D eigenvalue weighted by Gasteiger charge is -2.35. The summed E-state index contributed by atoms with van der Waals surface area (Å²) in [7, 11) is 0. The number of nitrogens with zero attached hydrogens (tertiary/aromatic N) is 3. The van der Waals surface area contributed by atoms with Gasteiger partial charge < -0.3 is 14.4 Å². The van der Waals surface area contributed by atoms with Crippen molar-refractivity contribution in [3.8, 4) is 11.4 Å². The fourth-order valence-electron chi connectivity index (χ4n) is 5.36. The molecule has 2 heterocycles. The summed E-state index contributed by atoms with van der Waals surface area (Å²) >= 11 is 0. The van der Waals surface area contributed by atoms with Crippen LogP contribution < -0.4 is 4.74 Å². The first-order valence-corrected chi connectivity index (χ1v) is 13.0. The van der Waals surface area contributed by atoms with E-state index in [0.29, 0.717) is 17.9 Å². The van der Waals surface area contributed by atoms with Crippen LogP contribution in [0.15, 0.2) is 78.9 Å². The Labute approximate surface area is 218 Å². The lowest BCUT2D eigenvalue weighted by atomic mass is 10.1. The molecule has 192 valence electrons. The number of carbonyl (C=O) groups excluding carboxylic acids is 1. The minimum absolute atomic E-state index is 0.0285. The molecule has 0 saturated carbocycles. The molecular weight excluding hydrogens is 462 g/mol. The molecule has 1 saturated heterocycles. The van der Waals surface area contributed by atoms with Crippen LogP contribution >= 0.6 is 0 Å². The quantitative estimate of drug-likeness (QED) is 0.340. The van der Waals surface area contributed by atoms with Gasteiger partial charge >= 0.3 is 0 Å². The van der Waals surface area contributed by atoms with Gasteiger partial charge in [-0.3, -0.25) is 14.6 Å². The van der Waals surface area contributed by atoms with Gasteiger partial charge in [0, 0.05) is 61.6 Å². The lowest BCUT2D eigenvalue weighted by Crippen LogP contribution is -2.48. The highest BCUT2D eigenvalue weighted by Gasteiger charge is 2.21. The molecule has 0 aliphatic carbocycles. The van der Waals surface area contributed by atoms with Gasteiger partial charge in [0.25, 0.3) is 0 Å². The van der Waals surface area contributed by atoms with Crippen LogP contribution in [-0.2, 0) is 6.54 Å². The molecule has 3 aromatic carbocycles. The number of para-hydroxylation sites is 1. The Balaban J connectivity index is 1.20. The van der Waals surface area contributed by atoms with Crippen LogP contribution in [0.3, 0.4) is 0 Å². The zero-order chi connectivity index (χ0) is 25.8. The molecule has 1 fully saturated rings. The summed E-state index contributed by atoms with van der Waals surface area (Å²) in [5, 5.41) is 11.5. The predicted molar refractivity (Wildman–Crippen MR) is 148 cm³/mol. The summed E-state index contributed by atoms with van der Waals surface area (Å²) in [4.78, 5) is 17.3. The Kier molecular flexibility index (Phi) is 7.70. The number of aliphatic hydroxyl groups excluding tert-OH is 1. The van der Waals surface area contributed by atoms with E-state index in [2.05, 4.69) is 38.6 Å². The summed E-state index contributed by atoms with van der Waals surface area (Å²) in [5.74, 6) is 0.688. The van der Waals surface area contributed by atoms with Gasteiger partial charge in [0.1, 0.15) is 18.5 Å². The second-order valence-corrected chi connectivity index (χ2v) is 9.89. The minimum Gasteiger partial charge on any atom is -0.491 e. The molecule has 6 nitrogen and oxygen atoms in total. The Morgan fingerprint density at radius 1 is 0.919 bits per heavy atom. The van der Waals surface area contributed by atoms with Crippen molar-refractivity contribution >= 4 is 16.7 Å². The van der Waals surface area contributed by atoms with Gasteiger partial charge in [-0.05, 0) is 49.7 Å². The van der Waals surface area contributed by atoms with Crippen molar-refractivity contribution < 1.29 is 14.6 Å². The summed E-state index contributed by atoms with van der Waals surface area (Å²) in [6.07, 6.45) is -0.584. The first-order chi connectivity index (χ1) is 18.0. The first kappa shape index (κ1) is 25.2. The summed E-state index contributed by atoms with van der Waals surface area (Å²) < 4.78 is 8.11. The molecule has 1 aliphatic rings. The van der Waals surface area contributed by atoms with E-state index in [1.165, 1.54) is 5.56 Å². The maximum absolute atomic E-state index is 12.5. The average molecular weight is 498 g/mol. The summed E-state index contributed by atoms with van der Waals surface area (Å²) in [5.41, 5.74) is 4.94. The van der Waals surface area contributed by atoms with Gasteiger partial charge in [0.15, 0.2) is 5.78 Å². The van der Waals surface area contributed by atoms with Crippen LogP contribution in [0.4, 0.5) is 0 Å². The molecule has 1 atom stereocenters. The highest BCUT2D eigenvalue weighted by Crippen LogP contribution is 2.32. The fourth-order valence-corrected chi connectivity index (χ4v) is 5.36. The maximum Gasteiger partial charge on any atom is 0.162 e. The summed E-state index contributed by atoms with van der Waals surface area (Å²) in [6.45, 7) is 9.20. The molecule has 4 aromatic rings. The van der Waals surface area contributed by atoms with Crippen LogP contribution in [-0.4, -0.2) is 70.7 Å². The van der Waals surface area contributed by atoms with Crippen LogP contribution in [0.2, 0.25) is 0 Å². The molecule has 0 bridgehead atoms. The van der Waals surface area contributed by atoms with Crippen molar-refractivity contribution in [3.63, 3.8) is 0 Å². The number of aliphatic hydroxyl groups is 1. The van der Waals surface area contributed by atoms with E-state index in [1.54, 1.807) is 6.92 Å². The van der Waals surface area contributed by atoms with E-state index < -0.39 is 6.10 Å². The van der Waals surface area contributed by atoms with E-state index in [9.17, 15) is 9.90 Å². The molecule has 0 radical (unpaired) electrons. The molecule has 6 heteroatoms. The number of β-amino-alcohol motifs (C(OH)–C–C–N with tert-alkyl or cyclic N) is 1. The van der Waals surface area contributed by atoms with Crippen molar-refractivity contribution in [1.82, 2.24) is 14.4 Å². The highest BCUT2D eigenvalue weighted by molar-refractivity contribution is 6.09. The van der Waals surface area contributed by atoms with Crippen molar-refractivity contribution in [3.05, 3.63) is 95.7 Å². The van der Waals surface area contributed by atoms with Crippen molar-refractivity contribution in [2.75, 3.05) is 39.3 Å². The number of Topliss-reactive ketones (excluding diaryl/α,β-unsaturated/α-hetero) is 1. The van der Waals surface area contributed by atoms with Gasteiger partial charge in [0.2, 0.25) is 0 Å². The van der Waals surface area contributed by atoms with E-state index >= 15 is 0 Å². The standard InChI is InChI=1S/C31H35N3O3/c1-23-31(24(2)35)29-19-28(13-14-30(29)34(23)26-11-7-4-8-12-26)37-22-27(36)21-33-17-15-32(16-18-33)20-25-9-5-3-6-10-25/h3-14,19,27,36H,15-18,20-22H2,1-2H3. The molecule has 5 rings (SSSR count). The zero-order valence-electron chi connectivity index (χ0n) is 21.6. The third-order valence-electron chi connectivity index (χ3n) is 7.17. The zero-order valence-corrected chi connectivity index (χ0v) is 21.6. The number of piperazine rings is 1. The topological polar surface area (TPSA) is 57.9 Å². The van der Waals surface area contributed by atoms with Crippen molar-refractivity contribution in [2.45, 2.75) is 26.5 Å².